The van der Waals surface area contributed by atoms with Gasteiger partial charge in [0.2, 0.25) is 11.8 Å². The van der Waals surface area contributed by atoms with Gasteiger partial charge in [0, 0.05) is 55.7 Å². The fourth-order valence-corrected chi connectivity index (χ4v) is 6.74. The van der Waals surface area contributed by atoms with E-state index in [1.54, 1.807) is 0 Å². The van der Waals surface area contributed by atoms with Crippen molar-refractivity contribution in [2.45, 2.75) is 104 Å². The summed E-state index contributed by atoms with van der Waals surface area (Å²) in [5.41, 5.74) is 0.549. The number of rotatable bonds is 5. The van der Waals surface area contributed by atoms with Gasteiger partial charge in [-0.1, -0.05) is 33.8 Å². The predicted molar refractivity (Wildman–Crippen MR) is 147 cm³/mol. The molecule has 0 spiro atoms. The molecule has 1 aliphatic carbocycles. The molecule has 1 aromatic rings. The predicted octanol–water partition coefficient (Wildman–Crippen LogP) is 5.83. The smallest absolute Gasteiger partial charge is 0.227 e. The molecular weight excluding hydrogens is 484 g/mol. The lowest BCUT2D eigenvalue weighted by Crippen LogP contribution is -2.52. The van der Waals surface area contributed by atoms with Gasteiger partial charge in [-0.05, 0) is 69.9 Å². The van der Waals surface area contributed by atoms with E-state index in [1.165, 1.54) is 12.1 Å². The van der Waals surface area contributed by atoms with Crippen molar-refractivity contribution < 1.29 is 18.4 Å². The summed E-state index contributed by atoms with van der Waals surface area (Å²) in [5.74, 6) is -1.82. The molecule has 5 nitrogen and oxygen atoms in total. The quantitative estimate of drug-likeness (QED) is 0.480. The van der Waals surface area contributed by atoms with Gasteiger partial charge in [0.1, 0.15) is 11.6 Å². The average Bonchev–Trinajstić information content (AvgIpc) is 3.48. The molecule has 2 saturated heterocycles. The van der Waals surface area contributed by atoms with E-state index in [1.807, 2.05) is 18.7 Å². The third-order valence-corrected chi connectivity index (χ3v) is 9.27. The van der Waals surface area contributed by atoms with Crippen molar-refractivity contribution in [2.24, 2.45) is 17.3 Å². The maximum atomic E-state index is 14.9. The lowest BCUT2D eigenvalue weighted by molar-refractivity contribution is -0.142. The van der Waals surface area contributed by atoms with Gasteiger partial charge in [-0.3, -0.25) is 14.5 Å². The SMILES string of the molecule is CC(C)C(=O)N(C1CCC(C)(C)CC1)[C@H]1CCN(C(=O)[C@@H]2CN(C(C)(C)C)C[C@H]2c2ccc(F)cc2F)C1. The topological polar surface area (TPSA) is 43.9 Å². The summed E-state index contributed by atoms with van der Waals surface area (Å²) < 4.78 is 28.6. The summed E-state index contributed by atoms with van der Waals surface area (Å²) in [6.07, 6.45) is 4.99. The van der Waals surface area contributed by atoms with Gasteiger partial charge in [-0.25, -0.2) is 8.78 Å². The van der Waals surface area contributed by atoms with Crippen molar-refractivity contribution in [1.29, 1.82) is 0 Å². The fourth-order valence-electron chi connectivity index (χ4n) is 6.74. The Morgan fingerprint density at radius 2 is 1.66 bits per heavy atom. The molecule has 212 valence electrons. The monoisotopic (exact) mass is 531 g/mol. The van der Waals surface area contributed by atoms with Gasteiger partial charge in [-0.2, -0.15) is 0 Å². The molecule has 1 aromatic carbocycles. The van der Waals surface area contributed by atoms with Crippen LogP contribution >= 0.6 is 0 Å². The molecule has 3 fully saturated rings. The Balaban J connectivity index is 1.54. The molecule has 3 aliphatic rings. The molecule has 0 unspecified atom stereocenters. The molecule has 4 rings (SSSR count). The molecule has 38 heavy (non-hydrogen) atoms. The summed E-state index contributed by atoms with van der Waals surface area (Å²) in [6.45, 7) is 17.1. The molecule has 2 heterocycles. The highest BCUT2D eigenvalue weighted by atomic mass is 19.1. The minimum absolute atomic E-state index is 0.0150. The molecule has 0 bridgehead atoms. The number of halogens is 2. The highest BCUT2D eigenvalue weighted by Crippen LogP contribution is 2.41. The minimum Gasteiger partial charge on any atom is -0.340 e. The third kappa shape index (κ3) is 6.08. The summed E-state index contributed by atoms with van der Waals surface area (Å²) >= 11 is 0. The highest BCUT2D eigenvalue weighted by Gasteiger charge is 2.46. The molecule has 1 saturated carbocycles. The molecule has 0 N–H and O–H groups in total. The van der Waals surface area contributed by atoms with Crippen LogP contribution in [0.25, 0.3) is 0 Å². The normalized spacial score (nSPS) is 26.8. The van der Waals surface area contributed by atoms with Crippen LogP contribution in [0.5, 0.6) is 0 Å². The second-order valence-electron chi connectivity index (χ2n) is 14.0. The van der Waals surface area contributed by atoms with E-state index >= 15 is 0 Å². The lowest BCUT2D eigenvalue weighted by Gasteiger charge is -2.43. The van der Waals surface area contributed by atoms with Crippen molar-refractivity contribution >= 4 is 11.8 Å². The van der Waals surface area contributed by atoms with E-state index in [4.69, 9.17) is 0 Å². The average molecular weight is 532 g/mol. The van der Waals surface area contributed by atoms with Crippen LogP contribution in [0.15, 0.2) is 18.2 Å². The number of carbonyl (C=O) groups excluding carboxylic acids is 2. The Morgan fingerprint density at radius 1 is 1.00 bits per heavy atom. The molecule has 3 atom stereocenters. The van der Waals surface area contributed by atoms with Crippen LogP contribution in [-0.4, -0.2) is 70.3 Å². The molecule has 0 radical (unpaired) electrons. The Morgan fingerprint density at radius 3 is 2.24 bits per heavy atom. The zero-order valence-electron chi connectivity index (χ0n) is 24.4. The first-order valence-corrected chi connectivity index (χ1v) is 14.5. The largest absolute Gasteiger partial charge is 0.340 e. The molecule has 2 aliphatic heterocycles. The van der Waals surface area contributed by atoms with E-state index in [0.717, 1.165) is 38.2 Å². The first-order chi connectivity index (χ1) is 17.7. The fraction of sp³-hybridized carbons (Fsp3) is 0.742. The van der Waals surface area contributed by atoms with Crippen molar-refractivity contribution in [3.05, 3.63) is 35.4 Å². The maximum absolute atomic E-state index is 14.9. The Hall–Kier alpha value is -2.02. The minimum atomic E-state index is -0.608. The van der Waals surface area contributed by atoms with Crippen LogP contribution in [0.3, 0.4) is 0 Å². The van der Waals surface area contributed by atoms with Gasteiger partial charge in [0.15, 0.2) is 0 Å². The number of nitrogens with zero attached hydrogens (tertiary/aromatic N) is 3. The summed E-state index contributed by atoms with van der Waals surface area (Å²) in [4.78, 5) is 33.7. The lowest BCUT2D eigenvalue weighted by atomic mass is 9.75. The highest BCUT2D eigenvalue weighted by molar-refractivity contribution is 5.82. The van der Waals surface area contributed by atoms with Gasteiger partial charge in [0.05, 0.1) is 12.0 Å². The number of carbonyl (C=O) groups is 2. The standard InChI is InChI=1S/C31H47F2N3O2/c1-20(2)28(37)36(22-10-13-31(6,7)14-11-22)23-12-15-34(17-23)29(38)26-19-35(30(3,4)5)18-25(26)24-9-8-21(32)16-27(24)33/h8-9,16,20,22-23,25-26H,10-15,17-19H2,1-7H3/t23-,25-,26+/m0/s1. The van der Waals surface area contributed by atoms with Crippen molar-refractivity contribution in [2.75, 3.05) is 26.2 Å². The zero-order chi connectivity index (χ0) is 28.0. The number of hydrogen-bond acceptors (Lipinski definition) is 3. The second-order valence-corrected chi connectivity index (χ2v) is 14.0. The summed E-state index contributed by atoms with van der Waals surface area (Å²) in [5, 5.41) is 0. The maximum Gasteiger partial charge on any atom is 0.227 e. The van der Waals surface area contributed by atoms with E-state index in [9.17, 15) is 18.4 Å². The Bertz CT molecular complexity index is 1020. The van der Waals surface area contributed by atoms with Crippen LogP contribution in [0.4, 0.5) is 8.78 Å². The van der Waals surface area contributed by atoms with E-state index in [0.29, 0.717) is 37.2 Å². The van der Waals surface area contributed by atoms with E-state index < -0.39 is 17.6 Å². The third-order valence-electron chi connectivity index (χ3n) is 9.27. The van der Waals surface area contributed by atoms with Crippen LogP contribution in [-0.2, 0) is 9.59 Å². The van der Waals surface area contributed by atoms with Crippen molar-refractivity contribution in [1.82, 2.24) is 14.7 Å². The van der Waals surface area contributed by atoms with Gasteiger partial charge < -0.3 is 9.80 Å². The zero-order valence-corrected chi connectivity index (χ0v) is 24.4. The summed E-state index contributed by atoms with van der Waals surface area (Å²) in [6, 6.07) is 3.95. The van der Waals surface area contributed by atoms with E-state index in [-0.39, 0.29) is 41.3 Å². The van der Waals surface area contributed by atoms with Crippen LogP contribution in [0, 0.1) is 28.9 Å². The second kappa shape index (κ2) is 10.9. The number of benzene rings is 1. The van der Waals surface area contributed by atoms with Crippen molar-refractivity contribution in [3.63, 3.8) is 0 Å². The van der Waals surface area contributed by atoms with Crippen LogP contribution < -0.4 is 0 Å². The number of amides is 2. The Kier molecular flexibility index (Phi) is 8.28. The van der Waals surface area contributed by atoms with Gasteiger partial charge in [-0.15, -0.1) is 0 Å². The molecular formula is C31H47F2N3O2. The number of hydrogen-bond donors (Lipinski definition) is 0. The van der Waals surface area contributed by atoms with Gasteiger partial charge in [0.25, 0.3) is 0 Å². The molecule has 0 aromatic heterocycles. The first-order valence-electron chi connectivity index (χ1n) is 14.5. The first kappa shape index (κ1) is 29.0. The van der Waals surface area contributed by atoms with Crippen LogP contribution in [0.2, 0.25) is 0 Å². The van der Waals surface area contributed by atoms with Gasteiger partial charge >= 0.3 is 0 Å². The summed E-state index contributed by atoms with van der Waals surface area (Å²) in [7, 11) is 0. The number of likely N-dealkylation sites (tertiary alicyclic amines) is 2. The van der Waals surface area contributed by atoms with E-state index in [2.05, 4.69) is 44.4 Å². The van der Waals surface area contributed by atoms with Crippen LogP contribution in [0.1, 0.15) is 92.1 Å². The molecule has 7 heteroatoms. The van der Waals surface area contributed by atoms with Crippen molar-refractivity contribution in [3.8, 4) is 0 Å². The molecule has 2 amide bonds. The Labute approximate surface area is 227 Å².